The summed E-state index contributed by atoms with van der Waals surface area (Å²) < 4.78 is 15.2. The molecule has 1 N–H and O–H groups in total. The zero-order chi connectivity index (χ0) is 8.01. The zero-order valence-electron chi connectivity index (χ0n) is 5.94. The van der Waals surface area contributed by atoms with Gasteiger partial charge < -0.3 is 19.3 Å². The molecule has 0 aromatic rings. The molecule has 5 atom stereocenters. The zero-order valence-corrected chi connectivity index (χ0v) is 8.09. The van der Waals surface area contributed by atoms with Gasteiger partial charge in [-0.2, -0.15) is 0 Å². The van der Waals surface area contributed by atoms with Gasteiger partial charge in [-0.3, -0.25) is 0 Å². The van der Waals surface area contributed by atoms with Crippen LogP contribution in [-0.2, 0) is 14.2 Å². The normalized spacial score (nSPS) is 55.4. The van der Waals surface area contributed by atoms with Gasteiger partial charge in [0.2, 0.25) is 0 Å². The number of rotatable bonds is 1. The van der Waals surface area contributed by atoms with E-state index in [-0.39, 0.29) is 22.6 Å². The van der Waals surface area contributed by atoms with E-state index in [2.05, 4.69) is 0 Å². The molecule has 11 heavy (non-hydrogen) atoms. The van der Waals surface area contributed by atoms with Crippen LogP contribution in [-0.4, -0.2) is 40.9 Å². The second kappa shape index (κ2) is 2.81. The van der Waals surface area contributed by atoms with Crippen LogP contribution in [0.25, 0.3) is 0 Å². The second-order valence-electron chi connectivity index (χ2n) is 2.65. The summed E-state index contributed by atoms with van der Waals surface area (Å²) in [5, 5.41) is 9.50. The molecule has 0 spiro atoms. The van der Waals surface area contributed by atoms with Crippen LogP contribution in [0.1, 0.15) is 0 Å². The largest absolute Gasteiger partial charge is 0.387 e. The molecule has 0 bridgehead atoms. The molecular weight excluding hydrogens is 263 g/mol. The SMILES string of the molecule is COC1[C@H]2OC2O[C@@H](I)[C@H]1O. The van der Waals surface area contributed by atoms with Crippen molar-refractivity contribution in [2.24, 2.45) is 0 Å². The van der Waals surface area contributed by atoms with Gasteiger partial charge >= 0.3 is 0 Å². The standard InChI is InChI=1S/C6H9IO4/c1-9-3-2(8)5(7)11-6-4(3)10-6/h2-6,8H,1H3/t2-,3?,4+,5+,6?/m0/s1. The molecule has 64 valence electrons. The quantitative estimate of drug-likeness (QED) is 0.411. The highest BCUT2D eigenvalue weighted by Gasteiger charge is 2.56. The molecule has 2 fully saturated rings. The Morgan fingerprint density at radius 3 is 2.82 bits per heavy atom. The molecule has 2 heterocycles. The van der Waals surface area contributed by atoms with E-state index in [4.69, 9.17) is 14.2 Å². The van der Waals surface area contributed by atoms with Crippen LogP contribution in [0.5, 0.6) is 0 Å². The Hall–Kier alpha value is 0.570. The Bertz CT molecular complexity index is 165. The van der Waals surface area contributed by atoms with Gasteiger partial charge in [0.05, 0.1) is 0 Å². The van der Waals surface area contributed by atoms with E-state index in [0.29, 0.717) is 0 Å². The first-order valence-corrected chi connectivity index (χ1v) is 4.64. The van der Waals surface area contributed by atoms with Crippen molar-refractivity contribution in [3.05, 3.63) is 0 Å². The van der Waals surface area contributed by atoms with E-state index >= 15 is 0 Å². The molecular formula is C6H9IO4. The summed E-state index contributed by atoms with van der Waals surface area (Å²) in [4.78, 5) is 0. The Morgan fingerprint density at radius 2 is 2.18 bits per heavy atom. The predicted octanol–water partition coefficient (Wildman–Crippen LogP) is -0.121. The molecule has 5 heteroatoms. The lowest BCUT2D eigenvalue weighted by Crippen LogP contribution is -2.45. The number of ether oxygens (including phenoxy) is 3. The molecule has 2 aliphatic heterocycles. The first-order valence-electron chi connectivity index (χ1n) is 3.40. The first kappa shape index (κ1) is 8.18. The van der Waals surface area contributed by atoms with E-state index in [9.17, 15) is 5.11 Å². The van der Waals surface area contributed by atoms with Crippen LogP contribution in [0.2, 0.25) is 0 Å². The lowest BCUT2D eigenvalue weighted by molar-refractivity contribution is -0.0996. The number of methoxy groups -OCH3 is 1. The molecule has 0 aromatic carbocycles. The Balaban J connectivity index is 2.05. The van der Waals surface area contributed by atoms with Gasteiger partial charge in [-0.25, -0.2) is 0 Å². The summed E-state index contributed by atoms with van der Waals surface area (Å²) in [6.07, 6.45) is -1.01. The molecule has 0 saturated carbocycles. The summed E-state index contributed by atoms with van der Waals surface area (Å²) in [7, 11) is 1.57. The van der Waals surface area contributed by atoms with Crippen molar-refractivity contribution < 1.29 is 19.3 Å². The minimum Gasteiger partial charge on any atom is -0.387 e. The van der Waals surface area contributed by atoms with E-state index in [0.717, 1.165) is 0 Å². The van der Waals surface area contributed by atoms with Gasteiger partial charge in [0, 0.05) is 7.11 Å². The third kappa shape index (κ3) is 1.29. The van der Waals surface area contributed by atoms with Crippen molar-refractivity contribution in [3.63, 3.8) is 0 Å². The number of hydrogen-bond acceptors (Lipinski definition) is 4. The van der Waals surface area contributed by atoms with Crippen LogP contribution in [0.15, 0.2) is 0 Å². The third-order valence-electron chi connectivity index (χ3n) is 1.95. The molecule has 4 nitrogen and oxygen atoms in total. The second-order valence-corrected chi connectivity index (χ2v) is 3.87. The fourth-order valence-electron chi connectivity index (χ4n) is 1.28. The highest BCUT2D eigenvalue weighted by molar-refractivity contribution is 14.1. The molecule has 2 unspecified atom stereocenters. The fraction of sp³-hybridized carbons (Fsp3) is 1.00. The lowest BCUT2D eigenvalue weighted by atomic mass is 10.1. The van der Waals surface area contributed by atoms with E-state index in [1.54, 1.807) is 7.11 Å². The number of alkyl halides is 1. The average molecular weight is 272 g/mol. The molecule has 0 amide bonds. The maximum absolute atomic E-state index is 9.50. The number of hydrogen-bond donors (Lipinski definition) is 1. The highest BCUT2D eigenvalue weighted by Crippen LogP contribution is 2.38. The van der Waals surface area contributed by atoms with Crippen LogP contribution in [0, 0.1) is 0 Å². The minimum absolute atomic E-state index is 0.0546. The van der Waals surface area contributed by atoms with Crippen LogP contribution < -0.4 is 0 Å². The topological polar surface area (TPSA) is 51.2 Å². The molecule has 2 saturated heterocycles. The van der Waals surface area contributed by atoms with Crippen LogP contribution in [0.3, 0.4) is 0 Å². The number of aliphatic hydroxyl groups excluding tert-OH is 1. The Labute approximate surface area is 77.9 Å². The van der Waals surface area contributed by atoms with Crippen molar-refractivity contribution in [2.45, 2.75) is 28.7 Å². The summed E-state index contributed by atoms with van der Waals surface area (Å²) in [5.41, 5.74) is 0. The van der Waals surface area contributed by atoms with Crippen LogP contribution in [0.4, 0.5) is 0 Å². The fourth-order valence-corrected chi connectivity index (χ4v) is 1.98. The van der Waals surface area contributed by atoms with E-state index in [1.165, 1.54) is 0 Å². The van der Waals surface area contributed by atoms with Gasteiger partial charge in [0.1, 0.15) is 22.4 Å². The molecule has 2 aliphatic rings. The summed E-state index contributed by atoms with van der Waals surface area (Å²) in [5.74, 6) is 0. The van der Waals surface area contributed by atoms with Crippen molar-refractivity contribution in [3.8, 4) is 0 Å². The van der Waals surface area contributed by atoms with Gasteiger partial charge in [-0.05, 0) is 22.6 Å². The summed E-state index contributed by atoms with van der Waals surface area (Å²) >= 11 is 2.03. The predicted molar refractivity (Wildman–Crippen MR) is 44.4 cm³/mol. The van der Waals surface area contributed by atoms with E-state index in [1.807, 2.05) is 22.6 Å². The molecule has 2 rings (SSSR count). The maximum Gasteiger partial charge on any atom is 0.188 e. The first-order chi connectivity index (χ1) is 5.24. The molecule has 0 aromatic heterocycles. The van der Waals surface area contributed by atoms with Crippen molar-refractivity contribution in [2.75, 3.05) is 7.11 Å². The van der Waals surface area contributed by atoms with E-state index < -0.39 is 6.10 Å². The number of halogens is 1. The third-order valence-corrected chi connectivity index (χ3v) is 2.98. The minimum atomic E-state index is -0.579. The van der Waals surface area contributed by atoms with Gasteiger partial charge in [0.25, 0.3) is 0 Å². The van der Waals surface area contributed by atoms with Crippen molar-refractivity contribution >= 4 is 22.6 Å². The van der Waals surface area contributed by atoms with Crippen molar-refractivity contribution in [1.82, 2.24) is 0 Å². The van der Waals surface area contributed by atoms with Gasteiger partial charge in [-0.15, -0.1) is 0 Å². The lowest BCUT2D eigenvalue weighted by Gasteiger charge is -2.27. The monoisotopic (exact) mass is 272 g/mol. The summed E-state index contributed by atoms with van der Waals surface area (Å²) in [6.45, 7) is 0. The number of epoxide rings is 1. The van der Waals surface area contributed by atoms with Crippen molar-refractivity contribution in [1.29, 1.82) is 0 Å². The Kier molecular flexibility index (Phi) is 2.09. The number of aliphatic hydroxyl groups is 1. The summed E-state index contributed by atoms with van der Waals surface area (Å²) in [6, 6.07) is 0. The number of fused-ring (bicyclic) bond motifs is 1. The van der Waals surface area contributed by atoms with Crippen LogP contribution >= 0.6 is 22.6 Å². The Morgan fingerprint density at radius 1 is 1.45 bits per heavy atom. The average Bonchev–Trinajstić information content (AvgIpc) is 2.69. The molecule has 0 aliphatic carbocycles. The van der Waals surface area contributed by atoms with Gasteiger partial charge in [-0.1, -0.05) is 0 Å². The van der Waals surface area contributed by atoms with Gasteiger partial charge in [0.15, 0.2) is 6.29 Å². The smallest absolute Gasteiger partial charge is 0.188 e. The maximum atomic E-state index is 9.50. The highest BCUT2D eigenvalue weighted by atomic mass is 127. The molecule has 0 radical (unpaired) electrons.